The van der Waals surface area contributed by atoms with Crippen molar-refractivity contribution in [2.24, 2.45) is 7.05 Å². The number of nitrogens with two attached hydrogens (primary N) is 1. The SMILES string of the molecule is Cn1cc(N2CCC[C@@H](c3nc4c5cccc(O)c5nc(N)n4n3)C2)cn1. The van der Waals surface area contributed by atoms with E-state index in [1.807, 2.05) is 30.2 Å². The van der Waals surface area contributed by atoms with E-state index in [9.17, 15) is 5.11 Å². The molecule has 0 amide bonds. The lowest BCUT2D eigenvalue weighted by atomic mass is 9.97. The lowest BCUT2D eigenvalue weighted by molar-refractivity contribution is 0.480. The maximum atomic E-state index is 10.1. The topological polar surface area (TPSA) is 110 Å². The highest BCUT2D eigenvalue weighted by molar-refractivity contribution is 5.95. The Bertz CT molecular complexity index is 1150. The van der Waals surface area contributed by atoms with Crippen molar-refractivity contribution in [2.75, 3.05) is 23.7 Å². The molecular formula is C18H20N8O. The maximum absolute atomic E-state index is 10.1. The minimum absolute atomic E-state index is 0.0895. The number of nitrogens with zero attached hydrogens (tertiary/aromatic N) is 7. The molecule has 1 atom stereocenters. The zero-order valence-corrected chi connectivity index (χ0v) is 14.9. The van der Waals surface area contributed by atoms with E-state index in [-0.39, 0.29) is 17.6 Å². The van der Waals surface area contributed by atoms with Crippen LogP contribution < -0.4 is 10.6 Å². The second kappa shape index (κ2) is 5.83. The summed E-state index contributed by atoms with van der Waals surface area (Å²) < 4.78 is 3.38. The monoisotopic (exact) mass is 364 g/mol. The lowest BCUT2D eigenvalue weighted by Crippen LogP contribution is -2.34. The number of fused-ring (bicyclic) bond motifs is 3. The van der Waals surface area contributed by atoms with Gasteiger partial charge in [0, 0.05) is 37.6 Å². The third-order valence-electron chi connectivity index (χ3n) is 5.17. The van der Waals surface area contributed by atoms with Gasteiger partial charge in [0.15, 0.2) is 11.5 Å². The van der Waals surface area contributed by atoms with E-state index in [1.165, 1.54) is 0 Å². The second-order valence-corrected chi connectivity index (χ2v) is 7.01. The molecule has 9 nitrogen and oxygen atoms in total. The van der Waals surface area contributed by atoms with Gasteiger partial charge in [-0.3, -0.25) is 4.68 Å². The van der Waals surface area contributed by atoms with Crippen molar-refractivity contribution in [2.45, 2.75) is 18.8 Å². The molecular weight excluding hydrogens is 344 g/mol. The molecule has 0 spiro atoms. The third kappa shape index (κ3) is 2.54. The quantitative estimate of drug-likeness (QED) is 0.557. The first-order chi connectivity index (χ1) is 13.1. The van der Waals surface area contributed by atoms with Crippen molar-refractivity contribution in [1.82, 2.24) is 29.4 Å². The number of aryl methyl sites for hydroxylation is 1. The Morgan fingerprint density at radius 1 is 1.26 bits per heavy atom. The molecule has 0 bridgehead atoms. The van der Waals surface area contributed by atoms with E-state index in [1.54, 1.807) is 16.6 Å². The first-order valence-corrected chi connectivity index (χ1v) is 8.97. The first-order valence-electron chi connectivity index (χ1n) is 8.97. The summed E-state index contributed by atoms with van der Waals surface area (Å²) in [5, 5.41) is 19.7. The molecule has 4 heterocycles. The summed E-state index contributed by atoms with van der Waals surface area (Å²) in [7, 11) is 1.92. The van der Waals surface area contributed by atoms with Crippen LogP contribution in [0.3, 0.4) is 0 Å². The molecule has 5 rings (SSSR count). The fourth-order valence-corrected chi connectivity index (χ4v) is 3.82. The summed E-state index contributed by atoms with van der Waals surface area (Å²) in [6, 6.07) is 5.24. The molecule has 0 radical (unpaired) electrons. The van der Waals surface area contributed by atoms with Gasteiger partial charge >= 0.3 is 0 Å². The minimum Gasteiger partial charge on any atom is -0.506 e. The van der Waals surface area contributed by atoms with Crippen LogP contribution in [0.2, 0.25) is 0 Å². The van der Waals surface area contributed by atoms with Gasteiger partial charge in [-0.05, 0) is 25.0 Å². The van der Waals surface area contributed by atoms with E-state index in [0.717, 1.165) is 42.8 Å². The van der Waals surface area contributed by atoms with Gasteiger partial charge in [0.25, 0.3) is 0 Å². The van der Waals surface area contributed by atoms with E-state index in [2.05, 4.69) is 20.1 Å². The molecule has 3 N–H and O–H groups in total. The average molecular weight is 364 g/mol. The Hall–Kier alpha value is -3.36. The molecule has 9 heteroatoms. The summed E-state index contributed by atoms with van der Waals surface area (Å²) in [4.78, 5) is 11.4. The summed E-state index contributed by atoms with van der Waals surface area (Å²) >= 11 is 0. The van der Waals surface area contributed by atoms with Gasteiger partial charge < -0.3 is 15.7 Å². The number of phenols is 1. The zero-order chi connectivity index (χ0) is 18.5. The van der Waals surface area contributed by atoms with Gasteiger partial charge in [0.2, 0.25) is 5.95 Å². The van der Waals surface area contributed by atoms with Gasteiger partial charge in [-0.2, -0.15) is 9.61 Å². The normalized spacial score (nSPS) is 17.8. The van der Waals surface area contributed by atoms with Crippen LogP contribution in [0.5, 0.6) is 5.75 Å². The van der Waals surface area contributed by atoms with Crippen molar-refractivity contribution >= 4 is 28.2 Å². The first kappa shape index (κ1) is 15.9. The largest absolute Gasteiger partial charge is 0.506 e. The molecule has 1 saturated heterocycles. The number of rotatable bonds is 2. The lowest BCUT2D eigenvalue weighted by Gasteiger charge is -2.32. The van der Waals surface area contributed by atoms with Gasteiger partial charge in [0.05, 0.1) is 11.9 Å². The molecule has 27 heavy (non-hydrogen) atoms. The van der Waals surface area contributed by atoms with Gasteiger partial charge in [-0.25, -0.2) is 9.97 Å². The van der Waals surface area contributed by atoms with Gasteiger partial charge in [0.1, 0.15) is 11.3 Å². The number of piperidine rings is 1. The van der Waals surface area contributed by atoms with Crippen LogP contribution in [-0.2, 0) is 7.05 Å². The Balaban J connectivity index is 1.56. The van der Waals surface area contributed by atoms with Crippen molar-refractivity contribution < 1.29 is 5.11 Å². The predicted molar refractivity (Wildman–Crippen MR) is 102 cm³/mol. The molecule has 1 aliphatic heterocycles. The zero-order valence-electron chi connectivity index (χ0n) is 14.9. The summed E-state index contributed by atoms with van der Waals surface area (Å²) in [5.41, 5.74) is 8.26. The molecule has 1 fully saturated rings. The average Bonchev–Trinajstić information content (AvgIpc) is 3.30. The summed E-state index contributed by atoms with van der Waals surface area (Å²) in [5.74, 6) is 1.27. The van der Waals surface area contributed by atoms with Crippen LogP contribution in [0.25, 0.3) is 16.6 Å². The molecule has 1 aromatic carbocycles. The second-order valence-electron chi connectivity index (χ2n) is 7.01. The third-order valence-corrected chi connectivity index (χ3v) is 5.17. The predicted octanol–water partition coefficient (Wildman–Crippen LogP) is 1.68. The van der Waals surface area contributed by atoms with Crippen molar-refractivity contribution in [1.29, 1.82) is 0 Å². The van der Waals surface area contributed by atoms with E-state index < -0.39 is 0 Å². The maximum Gasteiger partial charge on any atom is 0.223 e. The number of para-hydroxylation sites is 1. The highest BCUT2D eigenvalue weighted by atomic mass is 16.3. The molecule has 0 aliphatic carbocycles. The molecule has 0 unspecified atom stereocenters. The summed E-state index contributed by atoms with van der Waals surface area (Å²) in [6.45, 7) is 1.83. The van der Waals surface area contributed by atoms with Crippen LogP contribution >= 0.6 is 0 Å². The highest BCUT2D eigenvalue weighted by Crippen LogP contribution is 2.31. The summed E-state index contributed by atoms with van der Waals surface area (Å²) in [6.07, 6.45) is 5.99. The Kier molecular flexibility index (Phi) is 3.43. The standard InChI is InChI=1S/C18H20N8O/c1-24-10-12(8-20-24)25-7-3-4-11(9-25)16-22-17-13-5-2-6-14(27)15(13)21-18(19)26(17)23-16/h2,5-6,8,10-11,27H,3-4,7,9H2,1H3,(H2,19,21)/t11-/m1/s1. The number of phenolic OH excluding ortho intramolecular Hbond substituents is 1. The number of anilines is 2. The fourth-order valence-electron chi connectivity index (χ4n) is 3.82. The van der Waals surface area contributed by atoms with Crippen LogP contribution in [0.15, 0.2) is 30.6 Å². The van der Waals surface area contributed by atoms with E-state index in [4.69, 9.17) is 10.7 Å². The Morgan fingerprint density at radius 2 is 2.15 bits per heavy atom. The molecule has 0 saturated carbocycles. The highest BCUT2D eigenvalue weighted by Gasteiger charge is 2.26. The van der Waals surface area contributed by atoms with Gasteiger partial charge in [-0.1, -0.05) is 6.07 Å². The van der Waals surface area contributed by atoms with Crippen molar-refractivity contribution in [3.05, 3.63) is 36.4 Å². The number of hydrogen-bond donors (Lipinski definition) is 2. The smallest absolute Gasteiger partial charge is 0.223 e. The molecule has 1 aliphatic rings. The molecule has 4 aromatic rings. The van der Waals surface area contributed by atoms with Crippen LogP contribution in [0.4, 0.5) is 11.6 Å². The molecule has 3 aromatic heterocycles. The Labute approximate surface area is 155 Å². The molecule has 138 valence electrons. The van der Waals surface area contributed by atoms with Crippen LogP contribution in [-0.4, -0.2) is 47.6 Å². The number of benzene rings is 1. The minimum atomic E-state index is 0.0895. The van der Waals surface area contributed by atoms with Crippen molar-refractivity contribution in [3.8, 4) is 5.75 Å². The van der Waals surface area contributed by atoms with E-state index >= 15 is 0 Å². The van der Waals surface area contributed by atoms with Crippen LogP contribution in [0.1, 0.15) is 24.6 Å². The van der Waals surface area contributed by atoms with Crippen molar-refractivity contribution in [3.63, 3.8) is 0 Å². The fraction of sp³-hybridized carbons (Fsp3) is 0.333. The number of aromatic nitrogens is 6. The van der Waals surface area contributed by atoms with E-state index in [0.29, 0.717) is 11.2 Å². The Morgan fingerprint density at radius 3 is 2.96 bits per heavy atom. The van der Waals surface area contributed by atoms with Crippen LogP contribution in [0, 0.1) is 0 Å². The number of aromatic hydroxyl groups is 1. The van der Waals surface area contributed by atoms with Gasteiger partial charge in [-0.15, -0.1) is 5.10 Å². The number of nitrogen functional groups attached to an aromatic ring is 1. The number of hydrogen-bond acceptors (Lipinski definition) is 7.